The molecule has 0 amide bonds. The van der Waals surface area contributed by atoms with Gasteiger partial charge in [0.25, 0.3) is 0 Å². The third-order valence-corrected chi connectivity index (χ3v) is 4.14. The summed E-state index contributed by atoms with van der Waals surface area (Å²) in [6.45, 7) is 0. The molecule has 1 aromatic rings. The van der Waals surface area contributed by atoms with Crippen molar-refractivity contribution in [1.29, 1.82) is 5.26 Å². The highest BCUT2D eigenvalue weighted by molar-refractivity contribution is 5.43. The number of nitriles is 1. The van der Waals surface area contributed by atoms with E-state index in [9.17, 15) is 13.2 Å². The highest BCUT2D eigenvalue weighted by Gasteiger charge is 2.38. The van der Waals surface area contributed by atoms with E-state index >= 15 is 0 Å². The summed E-state index contributed by atoms with van der Waals surface area (Å²) in [4.78, 5) is 0. The maximum absolute atomic E-state index is 13.1. The molecule has 0 spiro atoms. The van der Waals surface area contributed by atoms with E-state index in [1.54, 1.807) is 6.07 Å². The van der Waals surface area contributed by atoms with Crippen molar-refractivity contribution < 1.29 is 17.9 Å². The zero-order valence-corrected chi connectivity index (χ0v) is 11.3. The first-order valence-electron chi connectivity index (χ1n) is 7.00. The average molecular weight is 296 g/mol. The van der Waals surface area contributed by atoms with Crippen LogP contribution in [0.5, 0.6) is 5.75 Å². The van der Waals surface area contributed by atoms with Crippen LogP contribution in [-0.4, -0.2) is 18.2 Å². The molecular weight excluding hydrogens is 281 g/mol. The third kappa shape index (κ3) is 2.98. The molecule has 2 heterocycles. The van der Waals surface area contributed by atoms with Gasteiger partial charge < -0.3 is 10.1 Å². The molecule has 2 bridgehead atoms. The van der Waals surface area contributed by atoms with E-state index in [0.29, 0.717) is 12.1 Å². The second-order valence-corrected chi connectivity index (χ2v) is 5.67. The van der Waals surface area contributed by atoms with Gasteiger partial charge in [-0.3, -0.25) is 0 Å². The van der Waals surface area contributed by atoms with Gasteiger partial charge in [-0.25, -0.2) is 0 Å². The van der Waals surface area contributed by atoms with Crippen LogP contribution in [-0.2, 0) is 6.18 Å². The van der Waals surface area contributed by atoms with Crippen molar-refractivity contribution in [1.82, 2.24) is 5.32 Å². The molecule has 3 rings (SSSR count). The summed E-state index contributed by atoms with van der Waals surface area (Å²) in [7, 11) is 0. The van der Waals surface area contributed by atoms with Crippen molar-refractivity contribution in [2.45, 2.75) is 50.0 Å². The van der Waals surface area contributed by atoms with Crippen LogP contribution < -0.4 is 10.1 Å². The Balaban J connectivity index is 1.83. The molecule has 0 saturated carbocycles. The van der Waals surface area contributed by atoms with Gasteiger partial charge in [0, 0.05) is 12.1 Å². The van der Waals surface area contributed by atoms with Gasteiger partial charge in [0.15, 0.2) is 0 Å². The Morgan fingerprint density at radius 3 is 2.43 bits per heavy atom. The highest BCUT2D eigenvalue weighted by atomic mass is 19.4. The van der Waals surface area contributed by atoms with Gasteiger partial charge >= 0.3 is 6.18 Å². The molecule has 2 saturated heterocycles. The summed E-state index contributed by atoms with van der Waals surface area (Å²) in [6.07, 6.45) is -1.14. The molecule has 0 aliphatic carbocycles. The first-order valence-corrected chi connectivity index (χ1v) is 7.00. The van der Waals surface area contributed by atoms with Crippen LogP contribution in [0.25, 0.3) is 0 Å². The van der Waals surface area contributed by atoms with Gasteiger partial charge in [0.1, 0.15) is 11.9 Å². The Kier molecular flexibility index (Phi) is 3.54. The summed E-state index contributed by atoms with van der Waals surface area (Å²) in [5.74, 6) is -0.173. The van der Waals surface area contributed by atoms with Crippen LogP contribution in [0.15, 0.2) is 18.2 Å². The predicted octanol–water partition coefficient (Wildman–Crippen LogP) is 3.24. The van der Waals surface area contributed by atoms with Crippen LogP contribution in [0.3, 0.4) is 0 Å². The van der Waals surface area contributed by atoms with Gasteiger partial charge in [0.2, 0.25) is 0 Å². The molecule has 112 valence electrons. The minimum atomic E-state index is -4.52. The summed E-state index contributed by atoms with van der Waals surface area (Å²) in [5, 5.41) is 12.2. The Bertz CT molecular complexity index is 567. The van der Waals surface area contributed by atoms with Crippen LogP contribution >= 0.6 is 0 Å². The number of hydrogen-bond acceptors (Lipinski definition) is 3. The number of alkyl halides is 3. The van der Waals surface area contributed by atoms with E-state index in [-0.39, 0.29) is 17.4 Å². The molecule has 0 unspecified atom stereocenters. The van der Waals surface area contributed by atoms with Gasteiger partial charge in [0.05, 0.1) is 17.2 Å². The van der Waals surface area contributed by atoms with E-state index in [2.05, 4.69) is 5.32 Å². The maximum atomic E-state index is 13.1. The largest absolute Gasteiger partial charge is 0.490 e. The third-order valence-electron chi connectivity index (χ3n) is 4.14. The smallest absolute Gasteiger partial charge is 0.420 e. The molecule has 6 heteroatoms. The topological polar surface area (TPSA) is 45.0 Å². The number of halogens is 3. The fourth-order valence-electron chi connectivity index (χ4n) is 3.20. The fourth-order valence-corrected chi connectivity index (χ4v) is 3.20. The van der Waals surface area contributed by atoms with Crippen LogP contribution in [0.1, 0.15) is 36.8 Å². The Morgan fingerprint density at radius 2 is 1.86 bits per heavy atom. The number of benzene rings is 1. The van der Waals surface area contributed by atoms with Crippen LogP contribution in [0.4, 0.5) is 13.2 Å². The minimum absolute atomic E-state index is 0.0138. The van der Waals surface area contributed by atoms with Crippen LogP contribution in [0, 0.1) is 11.3 Å². The molecule has 3 nitrogen and oxygen atoms in total. The maximum Gasteiger partial charge on any atom is 0.420 e. The van der Waals surface area contributed by atoms with Gasteiger partial charge in [-0.1, -0.05) is 0 Å². The Labute approximate surface area is 120 Å². The molecule has 0 radical (unpaired) electrons. The lowest BCUT2D eigenvalue weighted by molar-refractivity contribution is -0.139. The first-order chi connectivity index (χ1) is 9.95. The zero-order chi connectivity index (χ0) is 15.0. The molecule has 1 aromatic carbocycles. The van der Waals surface area contributed by atoms with E-state index in [0.717, 1.165) is 31.7 Å². The predicted molar refractivity (Wildman–Crippen MR) is 69.8 cm³/mol. The molecule has 2 aliphatic rings. The molecule has 3 atom stereocenters. The average Bonchev–Trinajstić information content (AvgIpc) is 2.77. The highest BCUT2D eigenvalue weighted by Crippen LogP contribution is 2.38. The normalized spacial score (nSPS) is 28.2. The molecule has 2 aliphatic heterocycles. The Morgan fingerprint density at radius 1 is 1.19 bits per heavy atom. The summed E-state index contributed by atoms with van der Waals surface area (Å²) >= 11 is 0. The molecule has 21 heavy (non-hydrogen) atoms. The van der Waals surface area contributed by atoms with Gasteiger partial charge in [-0.05, 0) is 43.9 Å². The Hall–Kier alpha value is -1.74. The van der Waals surface area contributed by atoms with Gasteiger partial charge in [-0.2, -0.15) is 18.4 Å². The second-order valence-electron chi connectivity index (χ2n) is 5.67. The van der Waals surface area contributed by atoms with Crippen molar-refractivity contribution in [3.05, 3.63) is 29.3 Å². The number of fused-ring (bicyclic) bond motifs is 2. The van der Waals surface area contributed by atoms with E-state index in [1.165, 1.54) is 12.1 Å². The lowest BCUT2D eigenvalue weighted by Crippen LogP contribution is -2.42. The van der Waals surface area contributed by atoms with Crippen molar-refractivity contribution >= 4 is 0 Å². The summed E-state index contributed by atoms with van der Waals surface area (Å²) in [6, 6.07) is 5.89. The standard InChI is InChI=1S/C15H15F3N2O/c16-15(17,18)13-5-9(8-19)1-4-14(13)21-12-6-10-2-3-11(7-12)20-10/h1,4-5,10-12,20H,2-3,6-7H2/t10-,11+,12+. The van der Waals surface area contributed by atoms with Crippen molar-refractivity contribution in [2.75, 3.05) is 0 Å². The molecule has 0 aromatic heterocycles. The second kappa shape index (κ2) is 5.23. The minimum Gasteiger partial charge on any atom is -0.490 e. The number of nitrogens with zero attached hydrogens (tertiary/aromatic N) is 1. The number of nitrogens with one attached hydrogen (secondary N) is 1. The fraction of sp³-hybridized carbons (Fsp3) is 0.533. The van der Waals surface area contributed by atoms with E-state index in [4.69, 9.17) is 10.00 Å². The van der Waals surface area contributed by atoms with Crippen molar-refractivity contribution in [2.24, 2.45) is 0 Å². The molecular formula is C15H15F3N2O. The first kappa shape index (κ1) is 14.2. The van der Waals surface area contributed by atoms with Crippen molar-refractivity contribution in [3.8, 4) is 11.8 Å². The number of piperidine rings is 1. The number of hydrogen-bond donors (Lipinski definition) is 1. The molecule has 2 fully saturated rings. The number of ether oxygens (including phenoxy) is 1. The van der Waals surface area contributed by atoms with Gasteiger partial charge in [-0.15, -0.1) is 0 Å². The number of rotatable bonds is 2. The lowest BCUT2D eigenvalue weighted by atomic mass is 10.0. The van der Waals surface area contributed by atoms with Crippen LogP contribution in [0.2, 0.25) is 0 Å². The quantitative estimate of drug-likeness (QED) is 0.911. The monoisotopic (exact) mass is 296 g/mol. The summed E-state index contributed by atoms with van der Waals surface area (Å²) < 4.78 is 44.9. The van der Waals surface area contributed by atoms with E-state index < -0.39 is 11.7 Å². The van der Waals surface area contributed by atoms with Crippen molar-refractivity contribution in [3.63, 3.8) is 0 Å². The lowest BCUT2D eigenvalue weighted by Gasteiger charge is -2.30. The zero-order valence-electron chi connectivity index (χ0n) is 11.3. The SMILES string of the molecule is N#Cc1ccc(O[C@H]2C[C@H]3CC[C@@H](C2)N3)c(C(F)(F)F)c1. The summed E-state index contributed by atoms with van der Waals surface area (Å²) in [5.41, 5.74) is -0.882. The molecule has 1 N–H and O–H groups in total. The van der Waals surface area contributed by atoms with E-state index in [1.807, 2.05) is 0 Å².